The highest BCUT2D eigenvalue weighted by Crippen LogP contribution is 2.75. The van der Waals surface area contributed by atoms with E-state index in [0.717, 1.165) is 56.9 Å². The van der Waals surface area contributed by atoms with Crippen molar-refractivity contribution in [2.75, 3.05) is 13.2 Å². The van der Waals surface area contributed by atoms with Gasteiger partial charge in [0.1, 0.15) is 6.61 Å². The molecule has 6 aliphatic rings. The fourth-order valence-electron chi connectivity index (χ4n) is 12.4. The molecular weight excluding hydrogens is 548 g/mol. The lowest BCUT2D eigenvalue weighted by Crippen LogP contribution is -2.68. The highest BCUT2D eigenvalue weighted by Gasteiger charge is 2.72. The second-order valence-electron chi connectivity index (χ2n) is 17.5. The average Bonchev–Trinajstić information content (AvgIpc) is 3.46. The molecule has 44 heavy (non-hydrogen) atoms. The number of fused-ring (bicyclic) bond motifs is 7. The Labute approximate surface area is 264 Å². The van der Waals surface area contributed by atoms with Crippen molar-refractivity contribution in [3.8, 4) is 0 Å². The zero-order valence-electron chi connectivity index (χ0n) is 28.2. The van der Waals surface area contributed by atoms with E-state index in [1.807, 2.05) is 30.3 Å². The van der Waals surface area contributed by atoms with Crippen molar-refractivity contribution in [3.63, 3.8) is 0 Å². The van der Waals surface area contributed by atoms with Crippen molar-refractivity contribution in [1.29, 1.82) is 0 Å². The third-order valence-corrected chi connectivity index (χ3v) is 14.6. The Morgan fingerprint density at radius 3 is 2.30 bits per heavy atom. The Bertz CT molecular complexity index is 1350. The van der Waals surface area contributed by atoms with Crippen LogP contribution in [0.3, 0.4) is 0 Å². The number of esters is 1. The van der Waals surface area contributed by atoms with Gasteiger partial charge >= 0.3 is 5.97 Å². The Hall–Kier alpha value is -1.98. The minimum atomic E-state index is -0.524. The zero-order valence-corrected chi connectivity index (χ0v) is 28.2. The Morgan fingerprint density at radius 2 is 1.59 bits per heavy atom. The molecule has 1 heterocycles. The standard InChI is InChI=1S/C39H54O5/c1-34(2)22-27-26(28(23-34)33(41)42-24-25-11-9-8-10-12-25)13-15-37(6)29(27)21-30(40)32-36(5)17-18-39(43-19-20-44-39)35(3,4)31(36)14-16-38(32,37)7/h8-12,21,26-28,31-32H,13-20,22-24H2,1-7H3/t26?,27?,28-,31?,32?,36+,37-,38-/m1/s1. The zero-order chi connectivity index (χ0) is 31.3. The molecule has 5 fully saturated rings. The van der Waals surface area contributed by atoms with Gasteiger partial charge in [0.05, 0.1) is 19.1 Å². The molecule has 0 N–H and O–H groups in total. The number of hydrogen-bond donors (Lipinski definition) is 0. The highest BCUT2D eigenvalue weighted by atomic mass is 16.7. The largest absolute Gasteiger partial charge is 0.461 e. The van der Waals surface area contributed by atoms with E-state index in [1.54, 1.807) is 0 Å². The van der Waals surface area contributed by atoms with E-state index in [1.165, 1.54) is 5.57 Å². The Kier molecular flexibility index (Phi) is 6.97. The minimum Gasteiger partial charge on any atom is -0.461 e. The maximum absolute atomic E-state index is 14.7. The number of allylic oxidation sites excluding steroid dienone is 2. The van der Waals surface area contributed by atoms with Crippen LogP contribution in [0.15, 0.2) is 42.0 Å². The van der Waals surface area contributed by atoms with E-state index in [-0.39, 0.29) is 56.7 Å². The minimum absolute atomic E-state index is 0.00409. The van der Waals surface area contributed by atoms with Gasteiger partial charge in [-0.05, 0) is 96.0 Å². The first kappa shape index (κ1) is 30.7. The molecule has 1 aliphatic heterocycles. The van der Waals surface area contributed by atoms with E-state index in [2.05, 4.69) is 54.5 Å². The molecule has 0 bridgehead atoms. The molecule has 0 radical (unpaired) electrons. The third-order valence-electron chi connectivity index (χ3n) is 14.6. The first-order valence-corrected chi connectivity index (χ1v) is 17.4. The molecule has 0 amide bonds. The monoisotopic (exact) mass is 602 g/mol. The van der Waals surface area contributed by atoms with Gasteiger partial charge in [0, 0.05) is 17.8 Å². The van der Waals surface area contributed by atoms with Gasteiger partial charge in [0.15, 0.2) is 11.6 Å². The number of rotatable bonds is 3. The smallest absolute Gasteiger partial charge is 0.309 e. The summed E-state index contributed by atoms with van der Waals surface area (Å²) in [5, 5.41) is 0. The lowest BCUT2D eigenvalue weighted by Gasteiger charge is -2.70. The summed E-state index contributed by atoms with van der Waals surface area (Å²) >= 11 is 0. The third kappa shape index (κ3) is 4.16. The normalized spacial score (nSPS) is 43.2. The second-order valence-corrected chi connectivity index (χ2v) is 17.5. The molecule has 7 rings (SSSR count). The van der Waals surface area contributed by atoms with Gasteiger partial charge in [-0.1, -0.05) is 84.4 Å². The van der Waals surface area contributed by atoms with Gasteiger partial charge in [-0.2, -0.15) is 0 Å². The van der Waals surface area contributed by atoms with Crippen LogP contribution in [0.4, 0.5) is 0 Å². The molecule has 5 nitrogen and oxygen atoms in total. The van der Waals surface area contributed by atoms with Crippen molar-refractivity contribution < 1.29 is 23.8 Å². The van der Waals surface area contributed by atoms with Crippen LogP contribution in [0.1, 0.15) is 105 Å². The van der Waals surface area contributed by atoms with Crippen molar-refractivity contribution in [2.45, 2.75) is 112 Å². The summed E-state index contributed by atoms with van der Waals surface area (Å²) in [6.07, 6.45) is 9.99. The first-order valence-electron chi connectivity index (χ1n) is 17.4. The molecule has 4 saturated carbocycles. The summed E-state index contributed by atoms with van der Waals surface area (Å²) in [4.78, 5) is 28.4. The lowest BCUT2D eigenvalue weighted by molar-refractivity contribution is -0.303. The maximum atomic E-state index is 14.7. The molecule has 1 aromatic rings. The number of hydrogen-bond acceptors (Lipinski definition) is 5. The second kappa shape index (κ2) is 10.0. The van der Waals surface area contributed by atoms with Gasteiger partial charge in [-0.25, -0.2) is 0 Å². The van der Waals surface area contributed by atoms with Crippen LogP contribution in [-0.4, -0.2) is 30.8 Å². The Balaban J connectivity index is 1.21. The first-order chi connectivity index (χ1) is 20.7. The van der Waals surface area contributed by atoms with Crippen molar-refractivity contribution in [2.24, 2.45) is 56.7 Å². The molecule has 1 aromatic carbocycles. The van der Waals surface area contributed by atoms with Gasteiger partial charge in [0.2, 0.25) is 0 Å². The fourth-order valence-corrected chi connectivity index (χ4v) is 12.4. The number of ketones is 1. The molecular formula is C39H54O5. The topological polar surface area (TPSA) is 61.8 Å². The molecule has 1 saturated heterocycles. The molecule has 5 heteroatoms. The summed E-state index contributed by atoms with van der Waals surface area (Å²) < 4.78 is 18.7. The number of carbonyl (C=O) groups is 2. The maximum Gasteiger partial charge on any atom is 0.309 e. The Morgan fingerprint density at radius 1 is 0.886 bits per heavy atom. The van der Waals surface area contributed by atoms with Crippen molar-refractivity contribution >= 4 is 11.8 Å². The van der Waals surface area contributed by atoms with Crippen LogP contribution in [0.2, 0.25) is 0 Å². The van der Waals surface area contributed by atoms with Crippen LogP contribution >= 0.6 is 0 Å². The molecule has 1 spiro atoms. The van der Waals surface area contributed by atoms with Crippen molar-refractivity contribution in [3.05, 3.63) is 47.5 Å². The summed E-state index contributed by atoms with van der Waals surface area (Å²) in [6.45, 7) is 18.3. The summed E-state index contributed by atoms with van der Waals surface area (Å²) in [6, 6.07) is 9.99. The van der Waals surface area contributed by atoms with Crippen LogP contribution in [0.25, 0.3) is 0 Å². The lowest BCUT2D eigenvalue weighted by atomic mass is 9.34. The van der Waals surface area contributed by atoms with Crippen LogP contribution in [-0.2, 0) is 30.4 Å². The molecule has 0 aromatic heterocycles. The van der Waals surface area contributed by atoms with Crippen LogP contribution < -0.4 is 0 Å². The van der Waals surface area contributed by atoms with Crippen molar-refractivity contribution in [1.82, 2.24) is 0 Å². The van der Waals surface area contributed by atoms with Gasteiger partial charge < -0.3 is 14.2 Å². The van der Waals surface area contributed by atoms with E-state index >= 15 is 0 Å². The van der Waals surface area contributed by atoms with E-state index in [0.29, 0.717) is 31.5 Å². The van der Waals surface area contributed by atoms with Gasteiger partial charge in [-0.3, -0.25) is 9.59 Å². The van der Waals surface area contributed by atoms with E-state index in [4.69, 9.17) is 14.2 Å². The highest BCUT2D eigenvalue weighted by molar-refractivity contribution is 5.95. The number of carbonyl (C=O) groups excluding carboxylic acids is 2. The molecule has 240 valence electrons. The van der Waals surface area contributed by atoms with E-state index < -0.39 is 5.79 Å². The predicted octanol–water partition coefficient (Wildman–Crippen LogP) is 8.31. The molecule has 4 unspecified atom stereocenters. The fraction of sp³-hybridized carbons (Fsp3) is 0.744. The number of benzene rings is 1. The van der Waals surface area contributed by atoms with E-state index in [9.17, 15) is 9.59 Å². The van der Waals surface area contributed by atoms with Crippen LogP contribution in [0.5, 0.6) is 0 Å². The molecule has 5 aliphatic carbocycles. The van der Waals surface area contributed by atoms with Gasteiger partial charge in [0.25, 0.3) is 0 Å². The van der Waals surface area contributed by atoms with Gasteiger partial charge in [-0.15, -0.1) is 0 Å². The molecule has 8 atom stereocenters. The summed E-state index contributed by atoms with van der Waals surface area (Å²) in [5.74, 6) is 0.434. The quantitative estimate of drug-likeness (QED) is 0.326. The number of ether oxygens (including phenoxy) is 3. The summed E-state index contributed by atoms with van der Waals surface area (Å²) in [7, 11) is 0. The SMILES string of the molecule is CC1(C)CC2C3=CC(=O)C4[C@@]5(C)CCC6(OCCO6)C(C)(C)C5CC[C@@]4(C)[C@]3(C)CCC2[C@H](C(=O)OCc2ccccc2)C1. The average molecular weight is 603 g/mol. The predicted molar refractivity (Wildman–Crippen MR) is 170 cm³/mol. The van der Waals surface area contributed by atoms with Crippen LogP contribution in [0, 0.1) is 56.7 Å². The summed E-state index contributed by atoms with van der Waals surface area (Å²) in [5.41, 5.74) is 1.92.